The summed E-state index contributed by atoms with van der Waals surface area (Å²) in [7, 11) is 0. The molecule has 0 unspecified atom stereocenters. The lowest BCUT2D eigenvalue weighted by atomic mass is 11.8. The topological polar surface area (TPSA) is 91.1 Å². The summed E-state index contributed by atoms with van der Waals surface area (Å²) in [6.45, 7) is 7.36. The van der Waals surface area contributed by atoms with Crippen molar-refractivity contribution in [2.45, 2.75) is 0 Å². The maximum Gasteiger partial charge on any atom is 0.136 e. The van der Waals surface area contributed by atoms with Crippen LogP contribution in [0.2, 0.25) is 0 Å². The second kappa shape index (κ2) is 320. The molecule has 0 aliphatic heterocycles. The molecule has 0 rings (SSSR count). The van der Waals surface area contributed by atoms with Crippen LogP contribution in [0.3, 0.4) is 0 Å². The van der Waals surface area contributed by atoms with Gasteiger partial charge in [-0.25, -0.2) is 10.3 Å². The largest absolute Gasteiger partial charge is 0.626 e. The van der Waals surface area contributed by atoms with Crippen molar-refractivity contribution in [2.24, 2.45) is 0 Å². The van der Waals surface area contributed by atoms with Gasteiger partial charge in [0.25, 0.3) is 0 Å². The molecule has 0 amide bonds. The van der Waals surface area contributed by atoms with Gasteiger partial charge in [-0.05, 0) is 0 Å². The molecule has 0 heterocycles. The van der Waals surface area contributed by atoms with E-state index < -0.39 is 0 Å². The van der Waals surface area contributed by atoms with Gasteiger partial charge in [-0.2, -0.15) is 0 Å². The first kappa shape index (κ1) is 16.0. The van der Waals surface area contributed by atoms with Gasteiger partial charge >= 0.3 is 0 Å². The van der Waals surface area contributed by atoms with Crippen molar-refractivity contribution in [1.82, 2.24) is 0 Å². The Kier molecular flexibility index (Phi) is 639. The van der Waals surface area contributed by atoms with E-state index in [-0.39, 0.29) is 0 Å². The maximum atomic E-state index is 8.57. The van der Waals surface area contributed by atoms with Crippen LogP contribution in [0.1, 0.15) is 0 Å². The number of hydrogen-bond acceptors (Lipinski definition) is 3. The monoisotopic (exact) mass is 120 g/mol. The van der Waals surface area contributed by atoms with E-state index in [1.165, 1.54) is 10.3 Å². The van der Waals surface area contributed by atoms with Gasteiger partial charge in [0.1, 0.15) is 20.2 Å². The van der Waals surface area contributed by atoms with Crippen LogP contribution in [0, 0.1) is 10.4 Å². The molecule has 5 nitrogen and oxygen atoms in total. The van der Waals surface area contributed by atoms with Crippen molar-refractivity contribution in [2.75, 3.05) is 0 Å². The summed E-state index contributed by atoms with van der Waals surface area (Å²) >= 11 is 0. The number of carbonyl (C=O) groups excluding carboxylic acids is 1. The molecule has 8 heavy (non-hydrogen) atoms. The van der Waals surface area contributed by atoms with Crippen molar-refractivity contribution in [3.8, 4) is 0 Å². The molecule has 0 fully saturated rings. The third kappa shape index (κ3) is 31.1. The quantitative estimate of drug-likeness (QED) is 0.196. The summed E-state index contributed by atoms with van der Waals surface area (Å²) in [6, 6.07) is 0. The third-order valence-corrected chi connectivity index (χ3v) is 0. The van der Waals surface area contributed by atoms with Crippen molar-refractivity contribution >= 4 is 20.2 Å². The molecule has 0 bridgehead atoms. The molecule has 0 aromatic carbocycles. The predicted octanol–water partition coefficient (Wildman–Crippen LogP) is -3.65. The van der Waals surface area contributed by atoms with Crippen LogP contribution in [0.25, 0.3) is 0 Å². The van der Waals surface area contributed by atoms with Crippen LogP contribution in [0.5, 0.6) is 0 Å². The van der Waals surface area contributed by atoms with E-state index in [1.54, 1.807) is 0 Å². The van der Waals surface area contributed by atoms with E-state index in [2.05, 4.69) is 13.4 Å². The highest BCUT2D eigenvalue weighted by atomic mass is 16.4. The van der Waals surface area contributed by atoms with Gasteiger partial charge in [-0.3, -0.25) is 0 Å². The molecule has 0 saturated carbocycles. The summed E-state index contributed by atoms with van der Waals surface area (Å²) in [5.74, 6) is 0. The van der Waals surface area contributed by atoms with Crippen molar-refractivity contribution in [1.29, 1.82) is 0 Å². The van der Waals surface area contributed by atoms with Crippen LogP contribution >= 0.6 is 0 Å². The minimum Gasteiger partial charge on any atom is -0.626 e. The number of nitrogens with one attached hydrogen (secondary N) is 2. The average Bonchev–Trinajstić information content (AvgIpc) is 1.75. The first-order valence-electron chi connectivity index (χ1n) is 1.40. The number of carbonyl (C=O) groups is 1. The van der Waals surface area contributed by atoms with E-state index in [0.717, 1.165) is 0 Å². The molecule has 2 N–H and O–H groups in total. The summed E-state index contributed by atoms with van der Waals surface area (Å²) in [5.41, 5.74) is 0. The van der Waals surface area contributed by atoms with Gasteiger partial charge in [0.05, 0.1) is 0 Å². The summed E-state index contributed by atoms with van der Waals surface area (Å²) < 4.78 is 0. The Labute approximate surface area is 46.9 Å². The Balaban J connectivity index is -0.0000000483. The lowest BCUT2D eigenvalue weighted by molar-refractivity contribution is -0.362. The molecule has 5 heteroatoms. The van der Waals surface area contributed by atoms with E-state index >= 15 is 0 Å². The van der Waals surface area contributed by atoms with Crippen LogP contribution in [-0.4, -0.2) is 20.2 Å². The second-order valence-corrected chi connectivity index (χ2v) is 0.289. The highest BCUT2D eigenvalue weighted by Crippen LogP contribution is 0.561. The Bertz CT molecular complexity index is 41.8. The molecular formula is C3H8N2O3. The van der Waals surface area contributed by atoms with Gasteiger partial charge in [-0.15, -0.1) is 0 Å². The first-order chi connectivity index (χ1) is 3.83. The zero-order chi connectivity index (χ0) is 7.41. The number of hydrogen-bond donors (Lipinski definition) is 2. The van der Waals surface area contributed by atoms with Gasteiger partial charge < -0.3 is 15.2 Å². The van der Waals surface area contributed by atoms with Gasteiger partial charge in [-0.1, -0.05) is 0 Å². The fraction of sp³-hybridized carbons (Fsp3) is 0. The lowest BCUT2D eigenvalue weighted by Crippen LogP contribution is -2.56. The Morgan fingerprint density at radius 1 is 1.00 bits per heavy atom. The van der Waals surface area contributed by atoms with Crippen molar-refractivity contribution in [3.05, 3.63) is 10.4 Å². The van der Waals surface area contributed by atoms with Crippen LogP contribution in [0.4, 0.5) is 0 Å². The molecule has 0 spiro atoms. The average molecular weight is 120 g/mol. The summed E-state index contributed by atoms with van der Waals surface area (Å²) in [6.07, 6.45) is 0. The first-order valence-corrected chi connectivity index (χ1v) is 1.40. The smallest absolute Gasteiger partial charge is 0.136 e. The maximum absolute atomic E-state index is 8.57. The van der Waals surface area contributed by atoms with Gasteiger partial charge in [0.2, 0.25) is 0 Å². The second-order valence-electron chi connectivity index (χ2n) is 0.289. The lowest BCUT2D eigenvalue weighted by Gasteiger charge is -1.58. The van der Waals surface area contributed by atoms with Crippen LogP contribution in [0.15, 0.2) is 0 Å². The van der Waals surface area contributed by atoms with Crippen LogP contribution in [-0.2, 0) is 4.79 Å². The molecule has 0 aromatic heterocycles. The van der Waals surface area contributed by atoms with Crippen molar-refractivity contribution in [3.63, 3.8) is 0 Å². The standard InChI is InChI=1S/2CH3NO.CH2O/c2*1-2-3;1-2/h2*2H,1H2;1H2. The van der Waals surface area contributed by atoms with Gasteiger partial charge in [0, 0.05) is 0 Å². The number of rotatable bonds is 0. The molecular weight excluding hydrogens is 112 g/mol. The summed E-state index contributed by atoms with van der Waals surface area (Å²) in [4.78, 5) is 8.00. The SMILES string of the molecule is C=O.C=[NH+][O-].C=[NH+][O-]. The Morgan fingerprint density at radius 3 is 1.00 bits per heavy atom. The third-order valence-electron chi connectivity index (χ3n) is 0. The molecule has 48 valence electrons. The van der Waals surface area contributed by atoms with Crippen LogP contribution < -0.4 is 10.3 Å². The molecule has 0 saturated heterocycles. The van der Waals surface area contributed by atoms with Gasteiger partial charge in [0.15, 0.2) is 0 Å². The zero-order valence-electron chi connectivity index (χ0n) is 4.35. The fourth-order valence-electron chi connectivity index (χ4n) is 0. The molecule has 0 atom stereocenters. The van der Waals surface area contributed by atoms with E-state index in [0.29, 0.717) is 0 Å². The molecule has 0 aromatic rings. The minimum atomic E-state index is 1.25. The normalized spacial score (nSPS) is 3.50. The van der Waals surface area contributed by atoms with E-state index in [1.807, 2.05) is 6.79 Å². The minimum absolute atomic E-state index is 1.25. The van der Waals surface area contributed by atoms with E-state index in [9.17, 15) is 0 Å². The zero-order valence-corrected chi connectivity index (χ0v) is 4.35. The predicted molar refractivity (Wildman–Crippen MR) is 30.0 cm³/mol. The molecule has 0 aliphatic rings. The fourth-order valence-corrected chi connectivity index (χ4v) is 0. The highest BCUT2D eigenvalue weighted by molar-refractivity contribution is 5.12. The molecule has 0 aliphatic carbocycles. The Hall–Kier alpha value is -1.39. The highest BCUT2D eigenvalue weighted by Gasteiger charge is 0.984. The summed E-state index contributed by atoms with van der Waals surface area (Å²) in [5, 5.41) is 19.6. The van der Waals surface area contributed by atoms with E-state index in [4.69, 9.17) is 15.2 Å². The molecule has 0 radical (unpaired) electrons. The van der Waals surface area contributed by atoms with Crippen molar-refractivity contribution < 1.29 is 15.1 Å². The Morgan fingerprint density at radius 2 is 1.00 bits per heavy atom.